The highest BCUT2D eigenvalue weighted by molar-refractivity contribution is 6.12. The minimum atomic E-state index is -0.911. The number of aliphatic carboxylic acids is 1. The first-order chi connectivity index (χ1) is 6.79. The van der Waals surface area contributed by atoms with Crippen molar-refractivity contribution in [2.24, 2.45) is 0 Å². The summed E-state index contributed by atoms with van der Waals surface area (Å²) in [6.07, 6.45) is 4.95. The molecule has 14 heavy (non-hydrogen) atoms. The van der Waals surface area contributed by atoms with E-state index in [2.05, 4.69) is 5.32 Å². The highest BCUT2D eigenvalue weighted by Gasteiger charge is 2.05. The van der Waals surface area contributed by atoms with E-state index >= 15 is 0 Å². The molecule has 2 N–H and O–H groups in total. The summed E-state index contributed by atoms with van der Waals surface area (Å²) in [6, 6.07) is 7.38. The van der Waals surface area contributed by atoms with Crippen molar-refractivity contribution in [3.05, 3.63) is 47.0 Å². The zero-order chi connectivity index (χ0) is 9.97. The van der Waals surface area contributed by atoms with Crippen molar-refractivity contribution in [1.82, 2.24) is 5.32 Å². The zero-order valence-electron chi connectivity index (χ0n) is 7.40. The molecule has 3 nitrogen and oxygen atoms in total. The number of carbonyl (C=O) groups is 1. The summed E-state index contributed by atoms with van der Waals surface area (Å²) in [5.41, 5.74) is 0.307. The van der Waals surface area contributed by atoms with Crippen LogP contribution in [0.15, 0.2) is 36.5 Å². The smallest absolute Gasteiger partial charge is 0.336 e. The second kappa shape index (κ2) is 3.38. The lowest BCUT2D eigenvalue weighted by Gasteiger charge is -1.93. The van der Waals surface area contributed by atoms with Crippen LogP contribution in [-0.4, -0.2) is 11.1 Å². The maximum Gasteiger partial charge on any atom is 0.336 e. The van der Waals surface area contributed by atoms with Crippen molar-refractivity contribution in [1.29, 1.82) is 0 Å². The Morgan fingerprint density at radius 2 is 2.07 bits per heavy atom. The van der Waals surface area contributed by atoms with Crippen molar-refractivity contribution in [2.45, 2.75) is 0 Å². The van der Waals surface area contributed by atoms with Crippen molar-refractivity contribution < 1.29 is 9.90 Å². The number of rotatable bonds is 1. The molecule has 3 heteroatoms. The lowest BCUT2D eigenvalue weighted by atomic mass is 10.1. The molecule has 1 aromatic rings. The van der Waals surface area contributed by atoms with Gasteiger partial charge in [-0.25, -0.2) is 4.79 Å². The predicted octanol–water partition coefficient (Wildman–Crippen LogP) is -0.223. The molecule has 2 rings (SSSR count). The van der Waals surface area contributed by atoms with Gasteiger partial charge >= 0.3 is 5.97 Å². The van der Waals surface area contributed by atoms with Crippen LogP contribution in [0.4, 0.5) is 0 Å². The van der Waals surface area contributed by atoms with Crippen LogP contribution in [0.25, 0.3) is 11.8 Å². The summed E-state index contributed by atoms with van der Waals surface area (Å²) in [5.74, 6) is -0.911. The van der Waals surface area contributed by atoms with E-state index in [9.17, 15) is 4.79 Å². The molecule has 0 bridgehead atoms. The summed E-state index contributed by atoms with van der Waals surface area (Å²) in [7, 11) is 0. The normalized spacial score (nSPS) is 13.6. The third kappa shape index (κ3) is 1.40. The topological polar surface area (TPSA) is 49.3 Å². The molecule has 0 spiro atoms. The lowest BCUT2D eigenvalue weighted by Crippen LogP contribution is -2.28. The molecule has 0 saturated carbocycles. The number of hydrogen-bond donors (Lipinski definition) is 2. The molecule has 0 aromatic heterocycles. The minimum absolute atomic E-state index is 0.307. The zero-order valence-corrected chi connectivity index (χ0v) is 7.40. The minimum Gasteiger partial charge on any atom is -0.478 e. The van der Waals surface area contributed by atoms with Crippen molar-refractivity contribution >= 4 is 17.7 Å². The Bertz CT molecular complexity index is 514. The Morgan fingerprint density at radius 3 is 2.86 bits per heavy atom. The molecule has 0 unspecified atom stereocenters. The SMILES string of the molecule is O=C(O)C1=c2ccccc2=CNC=C1. The van der Waals surface area contributed by atoms with Crippen LogP contribution in [0.1, 0.15) is 0 Å². The first-order valence-electron chi connectivity index (χ1n) is 4.24. The molecule has 1 aliphatic heterocycles. The first kappa shape index (κ1) is 8.56. The van der Waals surface area contributed by atoms with E-state index in [1.165, 1.54) is 0 Å². The van der Waals surface area contributed by atoms with Crippen LogP contribution in [-0.2, 0) is 4.79 Å². The monoisotopic (exact) mass is 187 g/mol. The molecular weight excluding hydrogens is 178 g/mol. The Morgan fingerprint density at radius 1 is 1.29 bits per heavy atom. The molecule has 0 aliphatic carbocycles. The lowest BCUT2D eigenvalue weighted by molar-refractivity contribution is -0.130. The van der Waals surface area contributed by atoms with Crippen molar-refractivity contribution in [2.75, 3.05) is 0 Å². The summed E-state index contributed by atoms with van der Waals surface area (Å²) in [6.45, 7) is 0. The van der Waals surface area contributed by atoms with Gasteiger partial charge in [-0.1, -0.05) is 24.3 Å². The van der Waals surface area contributed by atoms with Crippen molar-refractivity contribution in [3.8, 4) is 0 Å². The molecule has 1 aromatic carbocycles. The van der Waals surface area contributed by atoms with Gasteiger partial charge in [0.2, 0.25) is 0 Å². The molecule has 0 amide bonds. The van der Waals surface area contributed by atoms with E-state index in [-0.39, 0.29) is 0 Å². The van der Waals surface area contributed by atoms with Crippen LogP contribution < -0.4 is 15.8 Å². The molecular formula is C11H9NO2. The number of carboxylic acid groups (broad SMARTS) is 1. The second-order valence-electron chi connectivity index (χ2n) is 2.95. The first-order valence-corrected chi connectivity index (χ1v) is 4.24. The van der Waals surface area contributed by atoms with E-state index in [1.807, 2.05) is 18.2 Å². The van der Waals surface area contributed by atoms with Gasteiger partial charge in [-0.05, 0) is 16.5 Å². The summed E-state index contributed by atoms with van der Waals surface area (Å²) in [4.78, 5) is 10.9. The maximum absolute atomic E-state index is 10.9. The summed E-state index contributed by atoms with van der Waals surface area (Å²) < 4.78 is 0. The van der Waals surface area contributed by atoms with Gasteiger partial charge < -0.3 is 10.4 Å². The third-order valence-corrected chi connectivity index (χ3v) is 2.07. The predicted molar refractivity (Wildman–Crippen MR) is 53.5 cm³/mol. The van der Waals surface area contributed by atoms with E-state index in [1.54, 1.807) is 24.5 Å². The van der Waals surface area contributed by atoms with Crippen LogP contribution >= 0.6 is 0 Å². The number of benzene rings is 1. The molecule has 70 valence electrons. The van der Waals surface area contributed by atoms with E-state index in [4.69, 9.17) is 5.11 Å². The van der Waals surface area contributed by atoms with Gasteiger partial charge in [-0.3, -0.25) is 0 Å². The van der Waals surface area contributed by atoms with Crippen LogP contribution in [0.3, 0.4) is 0 Å². The van der Waals surface area contributed by atoms with Gasteiger partial charge in [0.15, 0.2) is 0 Å². The number of nitrogens with one attached hydrogen (secondary N) is 1. The van der Waals surface area contributed by atoms with Gasteiger partial charge in [0, 0.05) is 12.4 Å². The molecule has 0 radical (unpaired) electrons. The van der Waals surface area contributed by atoms with Crippen LogP contribution in [0, 0.1) is 0 Å². The fourth-order valence-electron chi connectivity index (χ4n) is 1.41. The van der Waals surface area contributed by atoms with Crippen molar-refractivity contribution in [3.63, 3.8) is 0 Å². The fourth-order valence-corrected chi connectivity index (χ4v) is 1.41. The summed E-state index contributed by atoms with van der Waals surface area (Å²) >= 11 is 0. The third-order valence-electron chi connectivity index (χ3n) is 2.07. The van der Waals surface area contributed by atoms with Gasteiger partial charge in [-0.15, -0.1) is 0 Å². The van der Waals surface area contributed by atoms with E-state index in [0.29, 0.717) is 5.57 Å². The standard InChI is InChI=1S/C11H9NO2/c13-11(14)10-5-6-12-7-8-3-1-2-4-9(8)10/h1-7,12H,(H,13,14). The molecule has 0 fully saturated rings. The van der Waals surface area contributed by atoms with Gasteiger partial charge in [-0.2, -0.15) is 0 Å². The quantitative estimate of drug-likeness (QED) is 0.639. The van der Waals surface area contributed by atoms with Gasteiger partial charge in [0.1, 0.15) is 0 Å². The molecule has 0 atom stereocenters. The highest BCUT2D eigenvalue weighted by Crippen LogP contribution is 1.95. The van der Waals surface area contributed by atoms with E-state index in [0.717, 1.165) is 10.4 Å². The highest BCUT2D eigenvalue weighted by atomic mass is 16.4. The van der Waals surface area contributed by atoms with Gasteiger partial charge in [0.05, 0.1) is 5.57 Å². The average Bonchev–Trinajstić information content (AvgIpc) is 2.39. The number of hydrogen-bond acceptors (Lipinski definition) is 2. The number of carboxylic acids is 1. The molecule has 1 aliphatic rings. The summed E-state index contributed by atoms with van der Waals surface area (Å²) in [5, 5.41) is 13.5. The molecule has 1 heterocycles. The van der Waals surface area contributed by atoms with Crippen LogP contribution in [0.5, 0.6) is 0 Å². The average molecular weight is 187 g/mol. The Balaban J connectivity index is 2.88. The van der Waals surface area contributed by atoms with E-state index < -0.39 is 5.97 Å². The second-order valence-corrected chi connectivity index (χ2v) is 2.95. The van der Waals surface area contributed by atoms with Gasteiger partial charge in [0.25, 0.3) is 0 Å². The fraction of sp³-hybridized carbons (Fsp3) is 0. The Hall–Kier alpha value is -2.03. The Kier molecular flexibility index (Phi) is 2.07. The number of fused-ring (bicyclic) bond motifs is 1. The largest absolute Gasteiger partial charge is 0.478 e. The Labute approximate surface area is 80.7 Å². The molecule has 0 saturated heterocycles. The van der Waals surface area contributed by atoms with Crippen LogP contribution in [0.2, 0.25) is 0 Å². The maximum atomic E-state index is 10.9.